The van der Waals surface area contributed by atoms with Gasteiger partial charge < -0.3 is 10.6 Å². The minimum atomic E-state index is -0.303. The number of halogens is 1. The van der Waals surface area contributed by atoms with Gasteiger partial charge in [0, 0.05) is 41.8 Å². The first kappa shape index (κ1) is 23.2. The van der Waals surface area contributed by atoms with Crippen LogP contribution in [0.3, 0.4) is 0 Å². The number of hydrogen-bond donors (Lipinski definition) is 2. The number of anilines is 2. The van der Waals surface area contributed by atoms with Gasteiger partial charge in [0.1, 0.15) is 5.82 Å². The van der Waals surface area contributed by atoms with E-state index in [9.17, 15) is 9.18 Å². The minimum Gasteiger partial charge on any atom is -0.385 e. The lowest BCUT2D eigenvalue weighted by atomic mass is 9.93. The van der Waals surface area contributed by atoms with Crippen molar-refractivity contribution in [3.8, 4) is 11.1 Å². The largest absolute Gasteiger partial charge is 0.385 e. The van der Waals surface area contributed by atoms with Crippen LogP contribution in [-0.2, 0) is 6.42 Å². The molecule has 0 fully saturated rings. The van der Waals surface area contributed by atoms with E-state index in [1.165, 1.54) is 12.1 Å². The van der Waals surface area contributed by atoms with Crippen LogP contribution in [0.15, 0.2) is 91.1 Å². The number of amides is 1. The molecule has 0 aliphatic rings. The summed E-state index contributed by atoms with van der Waals surface area (Å²) < 4.78 is 13.4. The lowest BCUT2D eigenvalue weighted by Crippen LogP contribution is -2.14. The lowest BCUT2D eigenvalue weighted by molar-refractivity contribution is 0.102. The third-order valence-corrected chi connectivity index (χ3v) is 5.69. The third-order valence-electron chi connectivity index (χ3n) is 5.69. The molecule has 0 bridgehead atoms. The molecule has 2 N–H and O–H groups in total. The van der Waals surface area contributed by atoms with Crippen LogP contribution in [0.2, 0.25) is 0 Å². The summed E-state index contributed by atoms with van der Waals surface area (Å²) in [6.45, 7) is 4.95. The van der Waals surface area contributed by atoms with E-state index in [2.05, 4.69) is 29.5 Å². The molecule has 3 aromatic carbocycles. The van der Waals surface area contributed by atoms with Crippen LogP contribution in [0.25, 0.3) is 11.1 Å². The predicted molar refractivity (Wildman–Crippen MR) is 137 cm³/mol. The molecule has 0 unspecified atom stereocenters. The van der Waals surface area contributed by atoms with Gasteiger partial charge in [-0.05, 0) is 77.2 Å². The molecule has 0 saturated carbocycles. The van der Waals surface area contributed by atoms with E-state index in [1.54, 1.807) is 18.3 Å². The number of hydrogen-bond acceptors (Lipinski definition) is 3. The summed E-state index contributed by atoms with van der Waals surface area (Å²) >= 11 is 0. The maximum atomic E-state index is 13.4. The Morgan fingerprint density at radius 2 is 1.65 bits per heavy atom. The first-order valence-corrected chi connectivity index (χ1v) is 11.4. The van der Waals surface area contributed by atoms with Crippen LogP contribution >= 0.6 is 0 Å². The van der Waals surface area contributed by atoms with Crippen LogP contribution in [0.5, 0.6) is 0 Å². The number of pyridine rings is 1. The van der Waals surface area contributed by atoms with E-state index in [0.717, 1.165) is 41.0 Å². The fourth-order valence-corrected chi connectivity index (χ4v) is 3.74. The molecule has 34 heavy (non-hydrogen) atoms. The number of aromatic nitrogens is 1. The molecule has 1 heterocycles. The van der Waals surface area contributed by atoms with Crippen molar-refractivity contribution in [1.29, 1.82) is 0 Å². The Labute approximate surface area is 199 Å². The molecular weight excluding hydrogens is 425 g/mol. The average molecular weight is 454 g/mol. The van der Waals surface area contributed by atoms with Gasteiger partial charge in [0.05, 0.1) is 0 Å². The molecule has 0 aliphatic carbocycles. The zero-order chi connectivity index (χ0) is 23.9. The quantitative estimate of drug-likeness (QED) is 0.304. The molecule has 1 amide bonds. The van der Waals surface area contributed by atoms with Crippen molar-refractivity contribution in [3.63, 3.8) is 0 Å². The normalized spacial score (nSPS) is 10.8. The average Bonchev–Trinajstić information content (AvgIpc) is 2.86. The molecule has 1 aromatic heterocycles. The molecule has 172 valence electrons. The maximum absolute atomic E-state index is 13.4. The van der Waals surface area contributed by atoms with E-state index in [1.807, 2.05) is 60.7 Å². The van der Waals surface area contributed by atoms with E-state index >= 15 is 0 Å². The molecule has 0 saturated heterocycles. The van der Waals surface area contributed by atoms with Gasteiger partial charge in [-0.3, -0.25) is 9.78 Å². The summed E-state index contributed by atoms with van der Waals surface area (Å²) in [4.78, 5) is 17.6. The standard InChI is InChI=1S/C29H28FN3O/c1-20(2)22-8-15-27(21-6-9-23(30)10-7-21)28(19-22)29(34)33-26-13-11-25(12-14-26)32-18-16-24-5-3-4-17-31-24/h3-15,17,19-20,32H,16,18H2,1-2H3,(H,33,34). The highest BCUT2D eigenvalue weighted by Crippen LogP contribution is 2.28. The number of carbonyl (C=O) groups excluding carboxylic acids is 1. The SMILES string of the molecule is CC(C)c1ccc(-c2ccc(F)cc2)c(C(=O)Nc2ccc(NCCc3ccccn3)cc2)c1. The molecular formula is C29H28FN3O. The van der Waals surface area contributed by atoms with Gasteiger partial charge in [-0.2, -0.15) is 0 Å². The molecule has 0 aliphatic heterocycles. The van der Waals surface area contributed by atoms with Crippen molar-refractivity contribution in [1.82, 2.24) is 4.98 Å². The van der Waals surface area contributed by atoms with Gasteiger partial charge in [-0.15, -0.1) is 0 Å². The highest BCUT2D eigenvalue weighted by atomic mass is 19.1. The molecule has 4 nitrogen and oxygen atoms in total. The number of benzene rings is 3. The van der Waals surface area contributed by atoms with Gasteiger partial charge in [0.2, 0.25) is 0 Å². The Hall–Kier alpha value is -3.99. The van der Waals surface area contributed by atoms with E-state index in [-0.39, 0.29) is 17.6 Å². The number of nitrogens with one attached hydrogen (secondary N) is 2. The second kappa shape index (κ2) is 10.8. The smallest absolute Gasteiger partial charge is 0.256 e. The van der Waals surface area contributed by atoms with E-state index in [4.69, 9.17) is 0 Å². The van der Waals surface area contributed by atoms with Crippen molar-refractivity contribution in [2.24, 2.45) is 0 Å². The summed E-state index contributed by atoms with van der Waals surface area (Å²) in [6.07, 6.45) is 2.63. The first-order chi connectivity index (χ1) is 16.5. The number of nitrogens with zero attached hydrogens (tertiary/aromatic N) is 1. The van der Waals surface area contributed by atoms with Crippen molar-refractivity contribution < 1.29 is 9.18 Å². The van der Waals surface area contributed by atoms with Crippen LogP contribution in [0.4, 0.5) is 15.8 Å². The summed E-state index contributed by atoms with van der Waals surface area (Å²) in [5.74, 6) is -0.217. The van der Waals surface area contributed by atoms with Crippen molar-refractivity contribution in [2.75, 3.05) is 17.2 Å². The third kappa shape index (κ3) is 5.87. The monoisotopic (exact) mass is 453 g/mol. The van der Waals surface area contributed by atoms with Gasteiger partial charge in [0.25, 0.3) is 5.91 Å². The first-order valence-electron chi connectivity index (χ1n) is 11.4. The Balaban J connectivity index is 1.47. The second-order valence-electron chi connectivity index (χ2n) is 8.50. The Bertz CT molecular complexity index is 1240. The van der Waals surface area contributed by atoms with Crippen LogP contribution in [0.1, 0.15) is 41.4 Å². The number of rotatable bonds is 8. The zero-order valence-corrected chi connectivity index (χ0v) is 19.4. The van der Waals surface area contributed by atoms with Crippen molar-refractivity contribution in [2.45, 2.75) is 26.2 Å². The van der Waals surface area contributed by atoms with Gasteiger partial charge in [0.15, 0.2) is 0 Å². The summed E-state index contributed by atoms with van der Waals surface area (Å²) in [7, 11) is 0. The fraction of sp³-hybridized carbons (Fsp3) is 0.172. The lowest BCUT2D eigenvalue weighted by Gasteiger charge is -2.15. The topological polar surface area (TPSA) is 54.0 Å². The Morgan fingerprint density at radius 3 is 2.32 bits per heavy atom. The molecule has 0 atom stereocenters. The van der Waals surface area contributed by atoms with Gasteiger partial charge in [-0.1, -0.05) is 44.2 Å². The maximum Gasteiger partial charge on any atom is 0.256 e. The molecule has 5 heteroatoms. The molecule has 4 aromatic rings. The Morgan fingerprint density at radius 1 is 0.912 bits per heavy atom. The van der Waals surface area contributed by atoms with Crippen LogP contribution in [-0.4, -0.2) is 17.4 Å². The summed E-state index contributed by atoms with van der Waals surface area (Å²) in [5, 5.41) is 6.38. The van der Waals surface area contributed by atoms with Crippen LogP contribution in [0, 0.1) is 5.82 Å². The van der Waals surface area contributed by atoms with Crippen molar-refractivity contribution >= 4 is 17.3 Å². The van der Waals surface area contributed by atoms with E-state index in [0.29, 0.717) is 11.3 Å². The molecule has 0 radical (unpaired) electrons. The summed E-state index contributed by atoms with van der Waals surface area (Å²) in [6, 6.07) is 25.6. The molecule has 0 spiro atoms. The van der Waals surface area contributed by atoms with Crippen molar-refractivity contribution in [3.05, 3.63) is 114 Å². The number of carbonyl (C=O) groups is 1. The zero-order valence-electron chi connectivity index (χ0n) is 19.4. The Kier molecular flexibility index (Phi) is 7.33. The van der Waals surface area contributed by atoms with Crippen LogP contribution < -0.4 is 10.6 Å². The minimum absolute atomic E-state index is 0.197. The summed E-state index contributed by atoms with van der Waals surface area (Å²) in [5.41, 5.74) is 5.94. The predicted octanol–water partition coefficient (Wildman–Crippen LogP) is 6.92. The highest BCUT2D eigenvalue weighted by Gasteiger charge is 2.15. The molecule has 4 rings (SSSR count). The fourth-order valence-electron chi connectivity index (χ4n) is 3.74. The van der Waals surface area contributed by atoms with E-state index < -0.39 is 0 Å². The highest BCUT2D eigenvalue weighted by molar-refractivity contribution is 6.09. The second-order valence-corrected chi connectivity index (χ2v) is 8.50. The van der Waals surface area contributed by atoms with Gasteiger partial charge >= 0.3 is 0 Å². The van der Waals surface area contributed by atoms with Gasteiger partial charge in [-0.25, -0.2) is 4.39 Å².